The minimum atomic E-state index is 0.536. The van der Waals surface area contributed by atoms with E-state index in [1.165, 1.54) is 16.8 Å². The fraction of sp³-hybridized carbons (Fsp3) is 0.333. The number of aryl methyl sites for hydroxylation is 1. The van der Waals surface area contributed by atoms with Gasteiger partial charge in [-0.15, -0.1) is 0 Å². The molecule has 28 heavy (non-hydrogen) atoms. The van der Waals surface area contributed by atoms with E-state index in [2.05, 4.69) is 57.1 Å². The molecule has 7 heteroatoms. The summed E-state index contributed by atoms with van der Waals surface area (Å²) in [6, 6.07) is 10.3. The molecular weight excluding hydrogens is 352 g/mol. The molecule has 0 aliphatic carbocycles. The molecule has 1 aromatic carbocycles. The number of hydrogen-bond acceptors (Lipinski definition) is 7. The summed E-state index contributed by atoms with van der Waals surface area (Å²) in [4.78, 5) is 13.4. The van der Waals surface area contributed by atoms with Gasteiger partial charge in [0.15, 0.2) is 11.6 Å². The topological polar surface area (TPSA) is 83.5 Å². The summed E-state index contributed by atoms with van der Waals surface area (Å²) in [7, 11) is 0. The van der Waals surface area contributed by atoms with Crippen LogP contribution in [0.4, 0.5) is 23.0 Å². The number of nitrogen functional groups attached to an aromatic ring is 1. The number of benzene rings is 1. The van der Waals surface area contributed by atoms with Gasteiger partial charge in [-0.2, -0.15) is 0 Å². The number of furan rings is 1. The highest BCUT2D eigenvalue weighted by molar-refractivity contribution is 5.75. The van der Waals surface area contributed by atoms with Gasteiger partial charge >= 0.3 is 0 Å². The molecule has 1 fully saturated rings. The minimum absolute atomic E-state index is 0.536. The lowest BCUT2D eigenvalue weighted by atomic mass is 10.1. The summed E-state index contributed by atoms with van der Waals surface area (Å²) in [5.74, 6) is 2.26. The normalized spacial score (nSPS) is 14.4. The molecule has 0 bridgehead atoms. The number of anilines is 4. The van der Waals surface area contributed by atoms with Crippen molar-refractivity contribution in [3.63, 3.8) is 0 Å². The molecule has 0 radical (unpaired) electrons. The number of hydrogen-bond donors (Lipinski definition) is 2. The monoisotopic (exact) mass is 378 g/mol. The van der Waals surface area contributed by atoms with Crippen molar-refractivity contribution in [2.45, 2.75) is 20.4 Å². The van der Waals surface area contributed by atoms with E-state index < -0.39 is 0 Å². The highest BCUT2D eigenvalue weighted by Gasteiger charge is 2.22. The maximum Gasteiger partial charge on any atom is 0.157 e. The van der Waals surface area contributed by atoms with Crippen LogP contribution in [0.3, 0.4) is 0 Å². The van der Waals surface area contributed by atoms with Crippen molar-refractivity contribution in [3.8, 4) is 0 Å². The highest BCUT2D eigenvalue weighted by Crippen LogP contribution is 2.29. The zero-order valence-corrected chi connectivity index (χ0v) is 16.4. The number of rotatable bonds is 5. The number of aromatic nitrogens is 2. The van der Waals surface area contributed by atoms with Crippen molar-refractivity contribution in [1.82, 2.24) is 9.97 Å². The number of nitrogens with two attached hydrogens (primary N) is 1. The van der Waals surface area contributed by atoms with Crippen LogP contribution in [0, 0.1) is 13.8 Å². The first-order valence-corrected chi connectivity index (χ1v) is 9.56. The summed E-state index contributed by atoms with van der Waals surface area (Å²) >= 11 is 0. The molecule has 0 atom stereocenters. The van der Waals surface area contributed by atoms with Crippen LogP contribution >= 0.6 is 0 Å². The van der Waals surface area contributed by atoms with Gasteiger partial charge in [0.25, 0.3) is 0 Å². The first kappa shape index (κ1) is 18.2. The summed E-state index contributed by atoms with van der Waals surface area (Å²) in [6.45, 7) is 8.49. The van der Waals surface area contributed by atoms with Crippen LogP contribution < -0.4 is 20.9 Å². The Morgan fingerprint density at radius 2 is 1.82 bits per heavy atom. The first-order chi connectivity index (χ1) is 13.6. The Morgan fingerprint density at radius 1 is 1.04 bits per heavy atom. The van der Waals surface area contributed by atoms with E-state index in [4.69, 9.17) is 10.2 Å². The number of nitrogens with zero attached hydrogens (tertiary/aromatic N) is 4. The lowest BCUT2D eigenvalue weighted by Crippen LogP contribution is -2.47. The van der Waals surface area contributed by atoms with Gasteiger partial charge in [0.2, 0.25) is 0 Å². The molecule has 0 unspecified atom stereocenters. The molecule has 1 saturated heterocycles. The SMILES string of the molecule is Cc1cccc(N2CCN(c3ncnc(NCc4ccco4)c3N)CC2)c1C. The Hall–Kier alpha value is -3.22. The molecular formula is C21H26N6O. The molecule has 0 amide bonds. The Balaban J connectivity index is 1.44. The van der Waals surface area contributed by atoms with Gasteiger partial charge in [0, 0.05) is 31.9 Å². The molecule has 4 rings (SSSR count). The van der Waals surface area contributed by atoms with Crippen LogP contribution in [-0.2, 0) is 6.54 Å². The van der Waals surface area contributed by atoms with Crippen molar-refractivity contribution < 1.29 is 4.42 Å². The number of nitrogens with one attached hydrogen (secondary N) is 1. The predicted octanol–water partition coefficient (Wildman–Crippen LogP) is 3.21. The molecule has 3 N–H and O–H groups in total. The van der Waals surface area contributed by atoms with E-state index in [9.17, 15) is 0 Å². The average molecular weight is 378 g/mol. The molecule has 1 aliphatic rings. The molecule has 0 spiro atoms. The van der Waals surface area contributed by atoms with Crippen LogP contribution in [0.2, 0.25) is 0 Å². The second-order valence-electron chi connectivity index (χ2n) is 7.09. The Labute approximate surface area is 165 Å². The molecule has 1 aliphatic heterocycles. The Morgan fingerprint density at radius 3 is 2.57 bits per heavy atom. The zero-order valence-electron chi connectivity index (χ0n) is 16.4. The van der Waals surface area contributed by atoms with Crippen LogP contribution in [0.15, 0.2) is 47.3 Å². The molecule has 3 heterocycles. The van der Waals surface area contributed by atoms with Gasteiger partial charge in [-0.25, -0.2) is 9.97 Å². The number of piperazine rings is 1. The summed E-state index contributed by atoms with van der Waals surface area (Å²) in [5, 5.41) is 3.24. The Kier molecular flexibility index (Phi) is 5.06. The Bertz CT molecular complexity index is 932. The lowest BCUT2D eigenvalue weighted by molar-refractivity contribution is 0.518. The highest BCUT2D eigenvalue weighted by atomic mass is 16.3. The smallest absolute Gasteiger partial charge is 0.157 e. The van der Waals surface area contributed by atoms with Crippen molar-refractivity contribution in [1.29, 1.82) is 0 Å². The van der Waals surface area contributed by atoms with Gasteiger partial charge in [0.05, 0.1) is 12.8 Å². The van der Waals surface area contributed by atoms with Gasteiger partial charge in [-0.1, -0.05) is 12.1 Å². The third-order valence-corrected chi connectivity index (χ3v) is 5.37. The van der Waals surface area contributed by atoms with Gasteiger partial charge in [0.1, 0.15) is 17.8 Å². The van der Waals surface area contributed by atoms with Crippen LogP contribution in [0.25, 0.3) is 0 Å². The van der Waals surface area contributed by atoms with Crippen molar-refractivity contribution in [3.05, 3.63) is 59.8 Å². The third-order valence-electron chi connectivity index (χ3n) is 5.37. The van der Waals surface area contributed by atoms with E-state index in [-0.39, 0.29) is 0 Å². The van der Waals surface area contributed by atoms with E-state index in [0.717, 1.165) is 37.8 Å². The summed E-state index contributed by atoms with van der Waals surface area (Å²) < 4.78 is 5.35. The van der Waals surface area contributed by atoms with E-state index in [0.29, 0.717) is 18.1 Å². The van der Waals surface area contributed by atoms with E-state index in [1.807, 2.05) is 12.1 Å². The first-order valence-electron chi connectivity index (χ1n) is 9.56. The van der Waals surface area contributed by atoms with Crippen LogP contribution in [0.1, 0.15) is 16.9 Å². The maximum atomic E-state index is 6.37. The molecule has 3 aromatic rings. The standard InChI is InChI=1S/C21H26N6O/c1-15-5-3-7-18(16(15)2)26-8-10-27(11-9-26)21-19(22)20(24-14-25-21)23-13-17-6-4-12-28-17/h3-7,12,14H,8-11,13,22H2,1-2H3,(H,23,24,25). The molecule has 0 saturated carbocycles. The van der Waals surface area contributed by atoms with Gasteiger partial charge in [-0.3, -0.25) is 0 Å². The fourth-order valence-corrected chi connectivity index (χ4v) is 3.60. The van der Waals surface area contributed by atoms with E-state index >= 15 is 0 Å². The predicted molar refractivity (Wildman–Crippen MR) is 113 cm³/mol. The lowest BCUT2D eigenvalue weighted by Gasteiger charge is -2.38. The van der Waals surface area contributed by atoms with Crippen molar-refractivity contribution >= 4 is 23.0 Å². The largest absolute Gasteiger partial charge is 0.467 e. The maximum absolute atomic E-state index is 6.37. The second-order valence-corrected chi connectivity index (χ2v) is 7.09. The minimum Gasteiger partial charge on any atom is -0.467 e. The summed E-state index contributed by atoms with van der Waals surface area (Å²) in [6.07, 6.45) is 3.22. The second kappa shape index (κ2) is 7.80. The molecule has 146 valence electrons. The van der Waals surface area contributed by atoms with Crippen molar-refractivity contribution in [2.75, 3.05) is 47.0 Å². The quantitative estimate of drug-likeness (QED) is 0.705. The average Bonchev–Trinajstić information content (AvgIpc) is 3.23. The third kappa shape index (κ3) is 3.60. The van der Waals surface area contributed by atoms with Crippen LogP contribution in [-0.4, -0.2) is 36.1 Å². The van der Waals surface area contributed by atoms with Gasteiger partial charge < -0.3 is 25.3 Å². The zero-order chi connectivity index (χ0) is 19.5. The summed E-state index contributed by atoms with van der Waals surface area (Å²) in [5.41, 5.74) is 10.9. The van der Waals surface area contributed by atoms with E-state index in [1.54, 1.807) is 12.6 Å². The molecule has 2 aromatic heterocycles. The molecule has 7 nitrogen and oxygen atoms in total. The van der Waals surface area contributed by atoms with Gasteiger partial charge in [-0.05, 0) is 43.2 Å². The fourth-order valence-electron chi connectivity index (χ4n) is 3.60. The van der Waals surface area contributed by atoms with Crippen LogP contribution in [0.5, 0.6) is 0 Å². The van der Waals surface area contributed by atoms with Crippen molar-refractivity contribution in [2.24, 2.45) is 0 Å².